The fourth-order valence-electron chi connectivity index (χ4n) is 3.39. The summed E-state index contributed by atoms with van der Waals surface area (Å²) in [6, 6.07) is 0. The maximum Gasteiger partial charge on any atom is 0.0673 e. The van der Waals surface area contributed by atoms with Gasteiger partial charge in [-0.1, -0.05) is 19.9 Å². The Morgan fingerprint density at radius 3 is 2.70 bits per heavy atom. The van der Waals surface area contributed by atoms with Gasteiger partial charge in [-0.3, -0.25) is 4.90 Å². The van der Waals surface area contributed by atoms with E-state index in [9.17, 15) is 0 Å². The van der Waals surface area contributed by atoms with Crippen LogP contribution < -0.4 is 5.73 Å². The summed E-state index contributed by atoms with van der Waals surface area (Å²) in [6.07, 6.45) is 4.67. The molecule has 0 aromatic heterocycles. The number of nitrogens with two attached hydrogens (primary N) is 1. The van der Waals surface area contributed by atoms with Crippen LogP contribution >= 0.6 is 0 Å². The Balaban J connectivity index is 1.89. The van der Waals surface area contributed by atoms with Gasteiger partial charge in [-0.25, -0.2) is 0 Å². The molecule has 20 heavy (non-hydrogen) atoms. The van der Waals surface area contributed by atoms with Crippen LogP contribution in [0.15, 0.2) is 11.6 Å². The second kappa shape index (κ2) is 6.14. The molecule has 2 rings (SSSR count). The fourth-order valence-corrected chi connectivity index (χ4v) is 3.39. The molecule has 0 radical (unpaired) electrons. The molecular formula is C16H30N2O2. The molecule has 0 spiro atoms. The first kappa shape index (κ1) is 16.0. The molecule has 0 aromatic carbocycles. The van der Waals surface area contributed by atoms with Gasteiger partial charge < -0.3 is 15.2 Å². The summed E-state index contributed by atoms with van der Waals surface area (Å²) in [5, 5.41) is 0. The van der Waals surface area contributed by atoms with E-state index in [2.05, 4.69) is 31.7 Å². The molecule has 0 aromatic rings. The Morgan fingerprint density at radius 1 is 1.45 bits per heavy atom. The number of hydrogen-bond acceptors (Lipinski definition) is 4. The summed E-state index contributed by atoms with van der Waals surface area (Å²) in [5.74, 6) is 0. The third-order valence-electron chi connectivity index (χ3n) is 5.23. The van der Waals surface area contributed by atoms with Crippen molar-refractivity contribution in [1.82, 2.24) is 4.90 Å². The van der Waals surface area contributed by atoms with Gasteiger partial charge in [-0.2, -0.15) is 0 Å². The number of hydrogen-bond donors (Lipinski definition) is 1. The Kier molecular flexibility index (Phi) is 4.90. The quantitative estimate of drug-likeness (QED) is 0.755. The van der Waals surface area contributed by atoms with Crippen molar-refractivity contribution in [1.29, 1.82) is 0 Å². The largest absolute Gasteiger partial charge is 0.380 e. The van der Waals surface area contributed by atoms with E-state index in [1.54, 1.807) is 7.11 Å². The maximum absolute atomic E-state index is 6.66. The van der Waals surface area contributed by atoms with Gasteiger partial charge in [0.15, 0.2) is 0 Å². The Bertz CT molecular complexity index is 367. The van der Waals surface area contributed by atoms with Crippen LogP contribution in [-0.2, 0) is 9.47 Å². The van der Waals surface area contributed by atoms with Gasteiger partial charge in [0.25, 0.3) is 0 Å². The van der Waals surface area contributed by atoms with E-state index >= 15 is 0 Å². The van der Waals surface area contributed by atoms with Crippen molar-refractivity contribution in [2.24, 2.45) is 11.1 Å². The first-order valence-electron chi connectivity index (χ1n) is 7.72. The molecule has 1 fully saturated rings. The molecule has 4 nitrogen and oxygen atoms in total. The highest BCUT2D eigenvalue weighted by atomic mass is 16.5. The molecule has 2 N–H and O–H groups in total. The van der Waals surface area contributed by atoms with E-state index in [1.165, 1.54) is 5.57 Å². The molecule has 0 saturated heterocycles. The van der Waals surface area contributed by atoms with Crippen molar-refractivity contribution in [2.75, 3.05) is 40.0 Å². The lowest BCUT2D eigenvalue weighted by Crippen LogP contribution is -2.73. The summed E-state index contributed by atoms with van der Waals surface area (Å²) in [4.78, 5) is 2.46. The van der Waals surface area contributed by atoms with Crippen LogP contribution in [0, 0.1) is 5.41 Å². The summed E-state index contributed by atoms with van der Waals surface area (Å²) >= 11 is 0. The summed E-state index contributed by atoms with van der Waals surface area (Å²) < 4.78 is 11.0. The average Bonchev–Trinajstić information content (AvgIpc) is 2.41. The van der Waals surface area contributed by atoms with Crippen molar-refractivity contribution < 1.29 is 9.47 Å². The van der Waals surface area contributed by atoms with Crippen LogP contribution in [0.3, 0.4) is 0 Å². The van der Waals surface area contributed by atoms with E-state index < -0.39 is 0 Å². The third-order valence-corrected chi connectivity index (χ3v) is 5.23. The van der Waals surface area contributed by atoms with E-state index in [-0.39, 0.29) is 11.0 Å². The highest BCUT2D eigenvalue weighted by molar-refractivity contribution is 5.16. The molecule has 116 valence electrons. The van der Waals surface area contributed by atoms with Gasteiger partial charge in [0.05, 0.1) is 12.7 Å². The van der Waals surface area contributed by atoms with Crippen molar-refractivity contribution in [3.05, 3.63) is 11.6 Å². The van der Waals surface area contributed by atoms with Crippen molar-refractivity contribution in [3.8, 4) is 0 Å². The normalized spacial score (nSPS) is 33.6. The second-order valence-electron chi connectivity index (χ2n) is 6.81. The van der Waals surface area contributed by atoms with E-state index in [4.69, 9.17) is 15.2 Å². The molecule has 2 aliphatic rings. The van der Waals surface area contributed by atoms with Crippen LogP contribution in [0.5, 0.6) is 0 Å². The lowest BCUT2D eigenvalue weighted by atomic mass is 9.54. The van der Waals surface area contributed by atoms with Gasteiger partial charge in [0, 0.05) is 44.3 Å². The van der Waals surface area contributed by atoms with Crippen molar-refractivity contribution in [3.63, 3.8) is 0 Å². The lowest BCUT2D eigenvalue weighted by molar-refractivity contribution is -0.156. The molecule has 0 amide bonds. The molecule has 2 unspecified atom stereocenters. The molecular weight excluding hydrogens is 252 g/mol. The van der Waals surface area contributed by atoms with E-state index in [1.807, 2.05) is 0 Å². The minimum atomic E-state index is -0.126. The van der Waals surface area contributed by atoms with Gasteiger partial charge >= 0.3 is 0 Å². The number of methoxy groups -OCH3 is 1. The highest BCUT2D eigenvalue weighted by Crippen LogP contribution is 2.50. The van der Waals surface area contributed by atoms with Gasteiger partial charge in [0.2, 0.25) is 0 Å². The molecule has 1 aliphatic carbocycles. The predicted octanol–water partition coefficient (Wildman–Crippen LogP) is 1.80. The average molecular weight is 282 g/mol. The fraction of sp³-hybridized carbons (Fsp3) is 0.875. The van der Waals surface area contributed by atoms with Crippen LogP contribution in [0.2, 0.25) is 0 Å². The molecule has 1 aliphatic heterocycles. The third kappa shape index (κ3) is 2.93. The predicted molar refractivity (Wildman–Crippen MR) is 81.7 cm³/mol. The topological polar surface area (TPSA) is 47.7 Å². The van der Waals surface area contributed by atoms with E-state index in [0.717, 1.165) is 45.7 Å². The zero-order valence-corrected chi connectivity index (χ0v) is 13.4. The molecule has 4 heteroatoms. The molecule has 1 heterocycles. The summed E-state index contributed by atoms with van der Waals surface area (Å²) in [6.45, 7) is 11.1. The number of ether oxygens (including phenoxy) is 2. The van der Waals surface area contributed by atoms with E-state index in [0.29, 0.717) is 6.10 Å². The summed E-state index contributed by atoms with van der Waals surface area (Å²) in [5.41, 5.74) is 8.00. The first-order valence-corrected chi connectivity index (χ1v) is 7.72. The SMILES string of the molecule is CCOC1CC(N)(CN2CC=C(COC)CC2)C1(C)C. The lowest BCUT2D eigenvalue weighted by Gasteiger charge is -2.60. The maximum atomic E-state index is 6.66. The zero-order valence-electron chi connectivity index (χ0n) is 13.4. The van der Waals surface area contributed by atoms with Crippen LogP contribution in [0.25, 0.3) is 0 Å². The summed E-state index contributed by atoms with van der Waals surface area (Å²) in [7, 11) is 1.76. The van der Waals surface area contributed by atoms with Crippen LogP contribution in [0.1, 0.15) is 33.6 Å². The van der Waals surface area contributed by atoms with Gasteiger partial charge in [0.1, 0.15) is 0 Å². The Morgan fingerprint density at radius 2 is 2.20 bits per heavy atom. The Hall–Kier alpha value is -0.420. The number of nitrogens with zero attached hydrogens (tertiary/aromatic N) is 1. The minimum Gasteiger partial charge on any atom is -0.380 e. The van der Waals surface area contributed by atoms with Gasteiger partial charge in [-0.15, -0.1) is 0 Å². The number of rotatable bonds is 6. The molecule has 2 atom stereocenters. The molecule has 1 saturated carbocycles. The van der Waals surface area contributed by atoms with Crippen molar-refractivity contribution in [2.45, 2.75) is 45.3 Å². The van der Waals surface area contributed by atoms with Crippen LogP contribution in [0.4, 0.5) is 0 Å². The zero-order chi connectivity index (χ0) is 14.8. The monoisotopic (exact) mass is 282 g/mol. The standard InChI is InChI=1S/C16H30N2O2/c1-5-20-14-10-16(17,15(14,2)3)12-18-8-6-13(7-9-18)11-19-4/h6,14H,5,7-12,17H2,1-4H3. The minimum absolute atomic E-state index is 0.0551. The first-order chi connectivity index (χ1) is 9.43. The smallest absolute Gasteiger partial charge is 0.0673 e. The highest BCUT2D eigenvalue weighted by Gasteiger charge is 2.58. The Labute approximate surface area is 123 Å². The van der Waals surface area contributed by atoms with Gasteiger partial charge in [-0.05, 0) is 25.3 Å². The molecule has 0 bridgehead atoms. The van der Waals surface area contributed by atoms with Crippen LogP contribution in [-0.4, -0.2) is 56.5 Å². The second-order valence-corrected chi connectivity index (χ2v) is 6.81. The van der Waals surface area contributed by atoms with Crippen molar-refractivity contribution >= 4 is 0 Å².